The normalized spacial score (nSPS) is 12.2. The van der Waals surface area contributed by atoms with E-state index < -0.39 is 0 Å². The second-order valence-corrected chi connectivity index (χ2v) is 5.43. The van der Waals surface area contributed by atoms with Crippen LogP contribution in [0.3, 0.4) is 0 Å². The SMILES string of the molecule is CCCCc1ccc(CC(=O)NC(C)CCCO)cc1. The van der Waals surface area contributed by atoms with Gasteiger partial charge in [0.1, 0.15) is 0 Å². The summed E-state index contributed by atoms with van der Waals surface area (Å²) in [4.78, 5) is 11.9. The molecule has 20 heavy (non-hydrogen) atoms. The Kier molecular flexibility index (Phi) is 7.97. The number of nitrogens with one attached hydrogen (secondary N) is 1. The first-order valence-electron chi connectivity index (χ1n) is 7.63. The second kappa shape index (κ2) is 9.54. The molecular formula is C17H27NO2. The highest BCUT2D eigenvalue weighted by Gasteiger charge is 2.07. The molecular weight excluding hydrogens is 250 g/mol. The molecule has 0 aliphatic carbocycles. The Bertz CT molecular complexity index is 386. The third kappa shape index (κ3) is 6.71. The van der Waals surface area contributed by atoms with Crippen molar-refractivity contribution in [2.75, 3.05) is 6.61 Å². The smallest absolute Gasteiger partial charge is 0.224 e. The first kappa shape index (κ1) is 16.7. The Balaban J connectivity index is 2.37. The van der Waals surface area contributed by atoms with E-state index in [1.54, 1.807) is 0 Å². The van der Waals surface area contributed by atoms with Crippen molar-refractivity contribution in [3.05, 3.63) is 35.4 Å². The van der Waals surface area contributed by atoms with Gasteiger partial charge in [-0.3, -0.25) is 4.79 Å². The Morgan fingerprint density at radius 3 is 2.45 bits per heavy atom. The van der Waals surface area contributed by atoms with Gasteiger partial charge in [0.2, 0.25) is 5.91 Å². The van der Waals surface area contributed by atoms with Crippen LogP contribution in [-0.2, 0) is 17.6 Å². The van der Waals surface area contributed by atoms with Crippen molar-refractivity contribution in [3.8, 4) is 0 Å². The van der Waals surface area contributed by atoms with Gasteiger partial charge in [-0.05, 0) is 43.7 Å². The van der Waals surface area contributed by atoms with Crippen molar-refractivity contribution in [2.24, 2.45) is 0 Å². The van der Waals surface area contributed by atoms with Crippen LogP contribution in [-0.4, -0.2) is 23.7 Å². The molecule has 112 valence electrons. The molecule has 3 nitrogen and oxygen atoms in total. The summed E-state index contributed by atoms with van der Waals surface area (Å²) in [5.41, 5.74) is 2.39. The molecule has 3 heteroatoms. The molecule has 0 spiro atoms. The molecule has 0 fully saturated rings. The molecule has 0 bridgehead atoms. The average molecular weight is 277 g/mol. The van der Waals surface area contributed by atoms with Gasteiger partial charge in [0.05, 0.1) is 6.42 Å². The molecule has 1 atom stereocenters. The summed E-state index contributed by atoms with van der Waals surface area (Å²) in [6, 6.07) is 8.45. The Labute approximate surface area is 122 Å². The summed E-state index contributed by atoms with van der Waals surface area (Å²) in [5.74, 6) is 0.0525. The molecule has 0 radical (unpaired) electrons. The summed E-state index contributed by atoms with van der Waals surface area (Å²) in [5, 5.41) is 11.7. The fraction of sp³-hybridized carbons (Fsp3) is 0.588. The van der Waals surface area contributed by atoms with Gasteiger partial charge < -0.3 is 10.4 Å². The molecule has 2 N–H and O–H groups in total. The van der Waals surface area contributed by atoms with Crippen molar-refractivity contribution < 1.29 is 9.90 Å². The third-order valence-electron chi connectivity index (χ3n) is 3.41. The molecule has 1 aromatic carbocycles. The number of aryl methyl sites for hydroxylation is 1. The minimum atomic E-state index is 0.0525. The summed E-state index contributed by atoms with van der Waals surface area (Å²) in [6.07, 6.45) is 5.50. The lowest BCUT2D eigenvalue weighted by Gasteiger charge is -2.13. The third-order valence-corrected chi connectivity index (χ3v) is 3.41. The number of hydrogen-bond donors (Lipinski definition) is 2. The van der Waals surface area contributed by atoms with Crippen LogP contribution in [0.5, 0.6) is 0 Å². The highest BCUT2D eigenvalue weighted by Crippen LogP contribution is 2.08. The van der Waals surface area contributed by atoms with Gasteiger partial charge in [-0.1, -0.05) is 37.6 Å². The van der Waals surface area contributed by atoms with Crippen LogP contribution in [0.2, 0.25) is 0 Å². The van der Waals surface area contributed by atoms with E-state index in [1.165, 1.54) is 18.4 Å². The number of carbonyl (C=O) groups excluding carboxylic acids is 1. The zero-order chi connectivity index (χ0) is 14.8. The Morgan fingerprint density at radius 2 is 1.85 bits per heavy atom. The van der Waals surface area contributed by atoms with Gasteiger partial charge in [0.15, 0.2) is 0 Å². The second-order valence-electron chi connectivity index (χ2n) is 5.43. The molecule has 0 saturated carbocycles. The lowest BCUT2D eigenvalue weighted by molar-refractivity contribution is -0.121. The fourth-order valence-electron chi connectivity index (χ4n) is 2.19. The molecule has 1 aromatic rings. The summed E-state index contributed by atoms with van der Waals surface area (Å²) in [7, 11) is 0. The number of unbranched alkanes of at least 4 members (excludes halogenated alkanes) is 1. The molecule has 0 aliphatic heterocycles. The van der Waals surface area contributed by atoms with Crippen molar-refractivity contribution in [2.45, 2.75) is 58.4 Å². The van der Waals surface area contributed by atoms with E-state index in [1.807, 2.05) is 19.1 Å². The first-order valence-corrected chi connectivity index (χ1v) is 7.63. The van der Waals surface area contributed by atoms with E-state index in [9.17, 15) is 4.79 Å². The van der Waals surface area contributed by atoms with Gasteiger partial charge in [0, 0.05) is 12.6 Å². The van der Waals surface area contributed by atoms with Crippen molar-refractivity contribution >= 4 is 5.91 Å². The van der Waals surface area contributed by atoms with Crippen LogP contribution in [0.4, 0.5) is 0 Å². The summed E-state index contributed by atoms with van der Waals surface area (Å²) >= 11 is 0. The maximum atomic E-state index is 11.9. The molecule has 1 amide bonds. The van der Waals surface area contributed by atoms with Gasteiger partial charge in [-0.25, -0.2) is 0 Å². The number of carbonyl (C=O) groups is 1. The number of amides is 1. The average Bonchev–Trinajstić information content (AvgIpc) is 2.44. The Hall–Kier alpha value is -1.35. The van der Waals surface area contributed by atoms with E-state index in [4.69, 9.17) is 5.11 Å². The number of aliphatic hydroxyl groups excluding tert-OH is 1. The van der Waals surface area contributed by atoms with Crippen LogP contribution < -0.4 is 5.32 Å². The molecule has 0 heterocycles. The zero-order valence-electron chi connectivity index (χ0n) is 12.7. The molecule has 1 rings (SSSR count). The Morgan fingerprint density at radius 1 is 1.20 bits per heavy atom. The van der Waals surface area contributed by atoms with Crippen molar-refractivity contribution in [1.29, 1.82) is 0 Å². The largest absolute Gasteiger partial charge is 0.396 e. The quantitative estimate of drug-likeness (QED) is 0.729. The van der Waals surface area contributed by atoms with Crippen molar-refractivity contribution in [1.82, 2.24) is 5.32 Å². The van der Waals surface area contributed by atoms with Crippen LogP contribution in [0, 0.1) is 0 Å². The van der Waals surface area contributed by atoms with E-state index in [-0.39, 0.29) is 18.6 Å². The summed E-state index contributed by atoms with van der Waals surface area (Å²) < 4.78 is 0. The summed E-state index contributed by atoms with van der Waals surface area (Å²) in [6.45, 7) is 4.34. The number of hydrogen-bond acceptors (Lipinski definition) is 2. The maximum absolute atomic E-state index is 11.9. The first-order chi connectivity index (χ1) is 9.65. The monoisotopic (exact) mass is 277 g/mol. The van der Waals surface area contributed by atoms with Crippen LogP contribution in [0.1, 0.15) is 50.7 Å². The van der Waals surface area contributed by atoms with Gasteiger partial charge in [0.25, 0.3) is 0 Å². The minimum Gasteiger partial charge on any atom is -0.396 e. The maximum Gasteiger partial charge on any atom is 0.224 e. The van der Waals surface area contributed by atoms with Crippen molar-refractivity contribution in [3.63, 3.8) is 0 Å². The molecule has 0 aliphatic rings. The van der Waals surface area contributed by atoms with E-state index in [0.29, 0.717) is 6.42 Å². The minimum absolute atomic E-state index is 0.0525. The number of rotatable bonds is 9. The standard InChI is InChI=1S/C17H27NO2/c1-3-4-7-15-8-10-16(11-9-15)13-17(20)18-14(2)6-5-12-19/h8-11,14,19H,3-7,12-13H2,1-2H3,(H,18,20). The predicted octanol–water partition coefficient (Wildman–Crippen LogP) is 2.85. The van der Waals surface area contributed by atoms with Gasteiger partial charge >= 0.3 is 0 Å². The van der Waals surface area contributed by atoms with Gasteiger partial charge in [-0.15, -0.1) is 0 Å². The predicted molar refractivity (Wildman–Crippen MR) is 82.7 cm³/mol. The zero-order valence-corrected chi connectivity index (χ0v) is 12.7. The topological polar surface area (TPSA) is 49.3 Å². The number of benzene rings is 1. The van der Waals surface area contributed by atoms with Crippen LogP contribution >= 0.6 is 0 Å². The van der Waals surface area contributed by atoms with E-state index >= 15 is 0 Å². The van der Waals surface area contributed by atoms with Crippen LogP contribution in [0.15, 0.2) is 24.3 Å². The highest BCUT2D eigenvalue weighted by molar-refractivity contribution is 5.78. The van der Waals surface area contributed by atoms with Gasteiger partial charge in [-0.2, -0.15) is 0 Å². The van der Waals surface area contributed by atoms with E-state index in [2.05, 4.69) is 24.4 Å². The lowest BCUT2D eigenvalue weighted by atomic mass is 10.0. The lowest BCUT2D eigenvalue weighted by Crippen LogP contribution is -2.33. The molecule has 0 saturated heterocycles. The molecule has 0 aromatic heterocycles. The number of aliphatic hydroxyl groups is 1. The fourth-order valence-corrected chi connectivity index (χ4v) is 2.19. The highest BCUT2D eigenvalue weighted by atomic mass is 16.2. The molecule has 1 unspecified atom stereocenters. The van der Waals surface area contributed by atoms with E-state index in [0.717, 1.165) is 24.8 Å². The van der Waals surface area contributed by atoms with Crippen LogP contribution in [0.25, 0.3) is 0 Å².